The first-order valence-corrected chi connectivity index (χ1v) is 6.28. The van der Waals surface area contributed by atoms with Crippen molar-refractivity contribution in [2.75, 3.05) is 11.9 Å². The molecule has 0 unspecified atom stereocenters. The summed E-state index contributed by atoms with van der Waals surface area (Å²) >= 11 is 5.82. The number of anilines is 1. The van der Waals surface area contributed by atoms with E-state index in [2.05, 4.69) is 15.6 Å². The van der Waals surface area contributed by atoms with Gasteiger partial charge in [0.2, 0.25) is 0 Å². The summed E-state index contributed by atoms with van der Waals surface area (Å²) in [4.78, 5) is 15.6. The van der Waals surface area contributed by atoms with Crippen LogP contribution in [0.4, 0.5) is 10.5 Å². The van der Waals surface area contributed by atoms with Gasteiger partial charge in [-0.2, -0.15) is 0 Å². The number of furan rings is 1. The fourth-order valence-electron chi connectivity index (χ4n) is 1.57. The maximum Gasteiger partial charge on any atom is 0.319 e. The van der Waals surface area contributed by atoms with Crippen LogP contribution >= 0.6 is 11.6 Å². The van der Waals surface area contributed by atoms with E-state index in [4.69, 9.17) is 16.0 Å². The molecule has 2 amide bonds. The molecule has 7 heteroatoms. The molecule has 6 nitrogen and oxygen atoms in total. The molecule has 2 aromatic rings. The SMILES string of the molecule is C[C@](O)(CNC(=O)Nc1cccnc1Cl)c1ccco1. The largest absolute Gasteiger partial charge is 0.466 e. The van der Waals surface area contributed by atoms with Crippen LogP contribution in [0.1, 0.15) is 12.7 Å². The monoisotopic (exact) mass is 295 g/mol. The molecule has 2 heterocycles. The normalized spacial score (nSPS) is 13.6. The third-order valence-electron chi connectivity index (χ3n) is 2.65. The Morgan fingerprint density at radius 3 is 2.95 bits per heavy atom. The standard InChI is InChI=1S/C13H14ClN3O3/c1-13(19,10-5-3-7-20-10)8-16-12(18)17-9-4-2-6-15-11(9)14/h2-7,19H,8H2,1H3,(H2,16,17,18)/t13-/m0/s1. The minimum absolute atomic E-state index is 0.00969. The van der Waals surface area contributed by atoms with E-state index in [1.54, 1.807) is 31.2 Å². The third-order valence-corrected chi connectivity index (χ3v) is 2.95. The molecule has 0 bridgehead atoms. The molecule has 0 aliphatic rings. The van der Waals surface area contributed by atoms with Crippen LogP contribution in [-0.2, 0) is 5.60 Å². The molecule has 20 heavy (non-hydrogen) atoms. The molecule has 0 saturated heterocycles. The lowest BCUT2D eigenvalue weighted by molar-refractivity contribution is 0.0372. The van der Waals surface area contributed by atoms with E-state index in [0.717, 1.165) is 0 Å². The van der Waals surface area contributed by atoms with Crippen LogP contribution in [0.5, 0.6) is 0 Å². The molecule has 1 atom stereocenters. The number of hydrogen-bond donors (Lipinski definition) is 3. The average molecular weight is 296 g/mol. The molecule has 0 aromatic carbocycles. The van der Waals surface area contributed by atoms with Gasteiger partial charge in [-0.05, 0) is 31.2 Å². The van der Waals surface area contributed by atoms with E-state index >= 15 is 0 Å². The zero-order valence-electron chi connectivity index (χ0n) is 10.8. The molecular weight excluding hydrogens is 282 g/mol. The molecule has 0 aliphatic carbocycles. The summed E-state index contributed by atoms with van der Waals surface area (Å²) in [6, 6.07) is 6.09. The number of aromatic nitrogens is 1. The van der Waals surface area contributed by atoms with E-state index in [1.807, 2.05) is 0 Å². The Bertz CT molecular complexity index is 584. The van der Waals surface area contributed by atoms with Crippen molar-refractivity contribution in [1.82, 2.24) is 10.3 Å². The molecule has 3 N–H and O–H groups in total. The van der Waals surface area contributed by atoms with Gasteiger partial charge in [0.15, 0.2) is 5.15 Å². The summed E-state index contributed by atoms with van der Waals surface area (Å²) < 4.78 is 5.12. The smallest absolute Gasteiger partial charge is 0.319 e. The Hall–Kier alpha value is -2.05. The number of nitrogens with zero attached hydrogens (tertiary/aromatic N) is 1. The molecular formula is C13H14ClN3O3. The Kier molecular flexibility index (Phi) is 4.26. The number of urea groups is 1. The summed E-state index contributed by atoms with van der Waals surface area (Å²) in [6.07, 6.45) is 2.98. The molecule has 0 radical (unpaired) electrons. The third kappa shape index (κ3) is 3.49. The van der Waals surface area contributed by atoms with Gasteiger partial charge >= 0.3 is 6.03 Å². The number of halogens is 1. The lowest BCUT2D eigenvalue weighted by atomic mass is 10.0. The van der Waals surface area contributed by atoms with Crippen molar-refractivity contribution in [3.8, 4) is 0 Å². The molecule has 106 valence electrons. The quantitative estimate of drug-likeness (QED) is 0.756. The minimum Gasteiger partial charge on any atom is -0.466 e. The van der Waals surface area contributed by atoms with Gasteiger partial charge in [-0.1, -0.05) is 11.6 Å². The summed E-state index contributed by atoms with van der Waals surface area (Å²) in [5, 5.41) is 15.4. The van der Waals surface area contributed by atoms with E-state index in [1.165, 1.54) is 12.5 Å². The van der Waals surface area contributed by atoms with Crippen LogP contribution in [0.25, 0.3) is 0 Å². The van der Waals surface area contributed by atoms with Gasteiger partial charge in [-0.15, -0.1) is 0 Å². The van der Waals surface area contributed by atoms with Crippen LogP contribution in [-0.4, -0.2) is 22.7 Å². The highest BCUT2D eigenvalue weighted by atomic mass is 35.5. The number of carbonyl (C=O) groups excluding carboxylic acids is 1. The first-order chi connectivity index (χ1) is 9.49. The number of rotatable bonds is 4. The summed E-state index contributed by atoms with van der Waals surface area (Å²) in [6.45, 7) is 1.54. The number of nitrogens with one attached hydrogen (secondary N) is 2. The minimum atomic E-state index is -1.29. The highest BCUT2D eigenvalue weighted by molar-refractivity contribution is 6.32. The van der Waals surface area contributed by atoms with Crippen molar-refractivity contribution < 1.29 is 14.3 Å². The van der Waals surface area contributed by atoms with E-state index in [0.29, 0.717) is 11.4 Å². The van der Waals surface area contributed by atoms with E-state index < -0.39 is 11.6 Å². The van der Waals surface area contributed by atoms with Crippen LogP contribution in [0.3, 0.4) is 0 Å². The molecule has 0 aliphatic heterocycles. The molecule has 2 aromatic heterocycles. The molecule has 2 rings (SSSR count). The second-order valence-electron chi connectivity index (χ2n) is 4.40. The first-order valence-electron chi connectivity index (χ1n) is 5.91. The van der Waals surface area contributed by atoms with Crippen LogP contribution in [0.2, 0.25) is 5.15 Å². The Morgan fingerprint density at radius 1 is 1.50 bits per heavy atom. The second-order valence-corrected chi connectivity index (χ2v) is 4.76. The Morgan fingerprint density at radius 2 is 2.30 bits per heavy atom. The van der Waals surface area contributed by atoms with Crippen molar-refractivity contribution in [2.24, 2.45) is 0 Å². The van der Waals surface area contributed by atoms with Crippen LogP contribution in [0.15, 0.2) is 41.1 Å². The second kappa shape index (κ2) is 5.94. The van der Waals surface area contributed by atoms with Gasteiger partial charge < -0.3 is 20.2 Å². The van der Waals surface area contributed by atoms with Gasteiger partial charge in [0.1, 0.15) is 11.4 Å². The number of pyridine rings is 1. The van der Waals surface area contributed by atoms with Crippen LogP contribution < -0.4 is 10.6 Å². The fraction of sp³-hybridized carbons (Fsp3) is 0.231. The van der Waals surface area contributed by atoms with Crippen molar-refractivity contribution in [2.45, 2.75) is 12.5 Å². The molecule has 0 spiro atoms. The summed E-state index contributed by atoms with van der Waals surface area (Å²) in [5.41, 5.74) is -0.899. The van der Waals surface area contributed by atoms with Crippen molar-refractivity contribution in [3.05, 3.63) is 47.6 Å². The summed E-state index contributed by atoms with van der Waals surface area (Å²) in [5.74, 6) is 0.372. The predicted octanol–water partition coefficient (Wildman–Crippen LogP) is 2.36. The van der Waals surface area contributed by atoms with E-state index in [-0.39, 0.29) is 11.7 Å². The number of hydrogen-bond acceptors (Lipinski definition) is 4. The predicted molar refractivity (Wildman–Crippen MR) is 74.5 cm³/mol. The van der Waals surface area contributed by atoms with E-state index in [9.17, 15) is 9.90 Å². The maximum absolute atomic E-state index is 11.7. The summed E-state index contributed by atoms with van der Waals surface area (Å²) in [7, 11) is 0. The van der Waals surface area contributed by atoms with Crippen molar-refractivity contribution in [1.29, 1.82) is 0 Å². The zero-order valence-corrected chi connectivity index (χ0v) is 11.5. The van der Waals surface area contributed by atoms with Gasteiger partial charge in [-0.3, -0.25) is 0 Å². The highest BCUT2D eigenvalue weighted by Gasteiger charge is 2.26. The Labute approximate surface area is 120 Å². The van der Waals surface area contributed by atoms with Gasteiger partial charge in [0.05, 0.1) is 18.5 Å². The average Bonchev–Trinajstić information content (AvgIpc) is 2.94. The number of amides is 2. The van der Waals surface area contributed by atoms with Crippen molar-refractivity contribution in [3.63, 3.8) is 0 Å². The fourth-order valence-corrected chi connectivity index (χ4v) is 1.74. The topological polar surface area (TPSA) is 87.4 Å². The number of aliphatic hydroxyl groups is 1. The molecule has 0 saturated carbocycles. The lowest BCUT2D eigenvalue weighted by Crippen LogP contribution is -2.40. The maximum atomic E-state index is 11.7. The Balaban J connectivity index is 1.91. The van der Waals surface area contributed by atoms with Gasteiger partial charge in [-0.25, -0.2) is 9.78 Å². The highest BCUT2D eigenvalue weighted by Crippen LogP contribution is 2.20. The number of carbonyl (C=O) groups is 1. The van der Waals surface area contributed by atoms with Crippen molar-refractivity contribution >= 4 is 23.3 Å². The molecule has 0 fully saturated rings. The zero-order chi connectivity index (χ0) is 14.6. The van der Waals surface area contributed by atoms with Gasteiger partial charge in [0.25, 0.3) is 0 Å². The van der Waals surface area contributed by atoms with Crippen LogP contribution in [0, 0.1) is 0 Å². The van der Waals surface area contributed by atoms with Gasteiger partial charge in [0, 0.05) is 6.20 Å². The lowest BCUT2D eigenvalue weighted by Gasteiger charge is -2.21. The first kappa shape index (κ1) is 14.4.